The van der Waals surface area contributed by atoms with Crippen molar-refractivity contribution in [2.45, 2.75) is 32.4 Å². The summed E-state index contributed by atoms with van der Waals surface area (Å²) in [4.78, 5) is 1.16. The molecule has 0 amide bonds. The second-order valence-corrected chi connectivity index (χ2v) is 5.81. The van der Waals surface area contributed by atoms with E-state index < -0.39 is 0 Å². The molecular weight excluding hydrogens is 245 g/mol. The average molecular weight is 261 g/mol. The molecule has 0 unspecified atom stereocenters. The highest BCUT2D eigenvalue weighted by molar-refractivity contribution is 7.13. The molecule has 1 N–H and O–H groups in total. The van der Waals surface area contributed by atoms with E-state index in [1.54, 1.807) is 17.4 Å². The van der Waals surface area contributed by atoms with Gasteiger partial charge < -0.3 is 5.32 Å². The minimum Gasteiger partial charge on any atom is -0.310 e. The quantitative estimate of drug-likeness (QED) is 0.873. The van der Waals surface area contributed by atoms with Crippen molar-refractivity contribution in [3.63, 3.8) is 0 Å². The highest BCUT2D eigenvalue weighted by Gasteiger charge is 2.20. The molecule has 0 aliphatic heterocycles. The second kappa shape index (κ2) is 4.82. The Hall–Kier alpha value is -1.19. The molecule has 1 saturated carbocycles. The normalized spacial score (nSPS) is 15.0. The van der Waals surface area contributed by atoms with Gasteiger partial charge >= 0.3 is 0 Å². The van der Waals surface area contributed by atoms with Gasteiger partial charge in [-0.25, -0.2) is 4.39 Å². The van der Waals surface area contributed by atoms with Crippen molar-refractivity contribution in [1.82, 2.24) is 5.32 Å². The summed E-state index contributed by atoms with van der Waals surface area (Å²) in [5.74, 6) is -0.103. The molecule has 0 spiro atoms. The van der Waals surface area contributed by atoms with Gasteiger partial charge in [-0.15, -0.1) is 11.3 Å². The van der Waals surface area contributed by atoms with Gasteiger partial charge in [0.15, 0.2) is 0 Å². The highest BCUT2D eigenvalue weighted by Crippen LogP contribution is 2.30. The third kappa shape index (κ3) is 2.47. The lowest BCUT2D eigenvalue weighted by molar-refractivity contribution is 0.587. The van der Waals surface area contributed by atoms with E-state index in [4.69, 9.17) is 0 Å². The molecule has 1 fully saturated rings. The molecule has 1 aliphatic carbocycles. The Kier molecular flexibility index (Phi) is 3.18. The van der Waals surface area contributed by atoms with Gasteiger partial charge in [0.1, 0.15) is 5.82 Å². The monoisotopic (exact) mass is 261 g/mol. The van der Waals surface area contributed by atoms with E-state index in [1.165, 1.54) is 18.4 Å². The topological polar surface area (TPSA) is 12.0 Å². The summed E-state index contributed by atoms with van der Waals surface area (Å²) in [6, 6.07) is 8.26. The first kappa shape index (κ1) is 11.9. The van der Waals surface area contributed by atoms with Crippen LogP contribution in [-0.2, 0) is 6.54 Å². The van der Waals surface area contributed by atoms with E-state index in [-0.39, 0.29) is 5.82 Å². The first-order valence-corrected chi connectivity index (χ1v) is 7.18. The molecular formula is C15H16FNS. The standard InChI is InChI=1S/C15H16FNS/c1-10-6-7-18-15(10)11-2-3-12(14(16)8-11)9-17-13-4-5-13/h2-3,6-8,13,17H,4-5,9H2,1H3. The first-order valence-electron chi connectivity index (χ1n) is 6.30. The van der Waals surface area contributed by atoms with Gasteiger partial charge in [-0.2, -0.15) is 0 Å². The molecule has 3 rings (SSSR count). The molecule has 0 bridgehead atoms. The number of hydrogen-bond acceptors (Lipinski definition) is 2. The van der Waals surface area contributed by atoms with Crippen molar-refractivity contribution in [3.8, 4) is 10.4 Å². The van der Waals surface area contributed by atoms with Crippen LogP contribution in [0, 0.1) is 12.7 Å². The van der Waals surface area contributed by atoms with Crippen molar-refractivity contribution < 1.29 is 4.39 Å². The van der Waals surface area contributed by atoms with E-state index >= 15 is 0 Å². The summed E-state index contributed by atoms with van der Waals surface area (Å²) in [7, 11) is 0. The summed E-state index contributed by atoms with van der Waals surface area (Å²) < 4.78 is 14.0. The summed E-state index contributed by atoms with van der Waals surface area (Å²) >= 11 is 1.66. The van der Waals surface area contributed by atoms with E-state index in [0.717, 1.165) is 16.0 Å². The van der Waals surface area contributed by atoms with Crippen LogP contribution >= 0.6 is 11.3 Å². The van der Waals surface area contributed by atoms with Crippen LogP contribution in [0.3, 0.4) is 0 Å². The zero-order valence-corrected chi connectivity index (χ0v) is 11.2. The van der Waals surface area contributed by atoms with Gasteiger partial charge in [0.25, 0.3) is 0 Å². The van der Waals surface area contributed by atoms with E-state index in [0.29, 0.717) is 12.6 Å². The Morgan fingerprint density at radius 2 is 2.17 bits per heavy atom. The van der Waals surface area contributed by atoms with Gasteiger partial charge in [-0.05, 0) is 48.4 Å². The smallest absolute Gasteiger partial charge is 0.128 e. The van der Waals surface area contributed by atoms with Crippen LogP contribution in [0.5, 0.6) is 0 Å². The third-order valence-corrected chi connectivity index (χ3v) is 4.40. The molecule has 0 atom stereocenters. The largest absolute Gasteiger partial charge is 0.310 e. The van der Waals surface area contributed by atoms with E-state index in [1.807, 2.05) is 17.5 Å². The fraction of sp³-hybridized carbons (Fsp3) is 0.333. The SMILES string of the molecule is Cc1ccsc1-c1ccc(CNC2CC2)c(F)c1. The van der Waals surface area contributed by atoms with Gasteiger partial charge in [0.2, 0.25) is 0 Å². The Morgan fingerprint density at radius 3 is 2.78 bits per heavy atom. The van der Waals surface area contributed by atoms with Crippen LogP contribution in [0.1, 0.15) is 24.0 Å². The molecule has 1 aliphatic rings. The predicted octanol–water partition coefficient (Wildman–Crippen LogP) is 4.11. The predicted molar refractivity (Wildman–Crippen MR) is 74.3 cm³/mol. The van der Waals surface area contributed by atoms with Gasteiger partial charge in [0.05, 0.1) is 0 Å². The van der Waals surface area contributed by atoms with Crippen LogP contribution in [0.15, 0.2) is 29.6 Å². The van der Waals surface area contributed by atoms with Crippen LogP contribution in [0.4, 0.5) is 4.39 Å². The number of benzene rings is 1. The number of thiophene rings is 1. The van der Waals surface area contributed by atoms with Crippen LogP contribution in [0.25, 0.3) is 10.4 Å². The summed E-state index contributed by atoms with van der Waals surface area (Å²) in [6.45, 7) is 2.70. The molecule has 0 radical (unpaired) electrons. The van der Waals surface area contributed by atoms with Crippen LogP contribution in [0.2, 0.25) is 0 Å². The summed E-state index contributed by atoms with van der Waals surface area (Å²) in [5, 5.41) is 5.39. The molecule has 18 heavy (non-hydrogen) atoms. The maximum absolute atomic E-state index is 14.0. The Morgan fingerprint density at radius 1 is 1.33 bits per heavy atom. The number of aryl methyl sites for hydroxylation is 1. The second-order valence-electron chi connectivity index (χ2n) is 4.89. The molecule has 3 heteroatoms. The zero-order chi connectivity index (χ0) is 12.5. The van der Waals surface area contributed by atoms with Crippen LogP contribution in [-0.4, -0.2) is 6.04 Å². The number of halogens is 1. The Bertz CT molecular complexity index is 557. The lowest BCUT2D eigenvalue weighted by atomic mass is 10.1. The fourth-order valence-electron chi connectivity index (χ4n) is 2.04. The minimum absolute atomic E-state index is 0.103. The van der Waals surface area contributed by atoms with E-state index in [2.05, 4.69) is 18.3 Å². The Labute approximate surface area is 111 Å². The third-order valence-electron chi connectivity index (χ3n) is 3.34. The molecule has 1 aromatic heterocycles. The van der Waals surface area contributed by atoms with E-state index in [9.17, 15) is 4.39 Å². The van der Waals surface area contributed by atoms with Crippen molar-refractivity contribution in [3.05, 3.63) is 46.6 Å². The van der Waals surface area contributed by atoms with Crippen molar-refractivity contribution in [1.29, 1.82) is 0 Å². The minimum atomic E-state index is -0.103. The molecule has 0 saturated heterocycles. The molecule has 1 nitrogen and oxygen atoms in total. The maximum Gasteiger partial charge on any atom is 0.128 e. The van der Waals surface area contributed by atoms with Crippen molar-refractivity contribution in [2.75, 3.05) is 0 Å². The summed E-state index contributed by atoms with van der Waals surface area (Å²) in [5.41, 5.74) is 2.96. The Balaban J connectivity index is 1.81. The van der Waals surface area contributed by atoms with Gasteiger partial charge in [-0.1, -0.05) is 12.1 Å². The number of hydrogen-bond donors (Lipinski definition) is 1. The molecule has 94 valence electrons. The van der Waals surface area contributed by atoms with Crippen LogP contribution < -0.4 is 5.32 Å². The fourth-order valence-corrected chi connectivity index (χ4v) is 2.97. The zero-order valence-electron chi connectivity index (χ0n) is 10.4. The average Bonchev–Trinajstić information content (AvgIpc) is 3.09. The summed E-state index contributed by atoms with van der Waals surface area (Å²) in [6.07, 6.45) is 2.46. The lowest BCUT2D eigenvalue weighted by Crippen LogP contribution is -2.16. The first-order chi connectivity index (χ1) is 8.74. The molecule has 1 heterocycles. The van der Waals surface area contributed by atoms with Crippen molar-refractivity contribution in [2.24, 2.45) is 0 Å². The van der Waals surface area contributed by atoms with Gasteiger partial charge in [-0.3, -0.25) is 0 Å². The molecule has 2 aromatic rings. The lowest BCUT2D eigenvalue weighted by Gasteiger charge is -2.07. The number of rotatable bonds is 4. The van der Waals surface area contributed by atoms with Crippen molar-refractivity contribution >= 4 is 11.3 Å². The molecule has 1 aromatic carbocycles. The highest BCUT2D eigenvalue weighted by atomic mass is 32.1. The maximum atomic E-state index is 14.0. The van der Waals surface area contributed by atoms with Gasteiger partial charge in [0, 0.05) is 23.0 Å². The number of nitrogens with one attached hydrogen (secondary N) is 1.